The number of aromatic hydroxyl groups is 1. The summed E-state index contributed by atoms with van der Waals surface area (Å²) in [6.07, 6.45) is 2.16. The maximum atomic E-state index is 12.6. The normalized spacial score (nSPS) is 14.4. The van der Waals surface area contributed by atoms with Crippen LogP contribution >= 0.6 is 15.9 Å². The molecule has 1 aliphatic carbocycles. The van der Waals surface area contributed by atoms with Gasteiger partial charge >= 0.3 is 5.97 Å². The molecule has 3 rings (SSSR count). The molecule has 6 heteroatoms. The molecule has 0 bridgehead atoms. The van der Waals surface area contributed by atoms with Crippen LogP contribution in [0.25, 0.3) is 10.9 Å². The molecule has 0 radical (unpaired) electrons. The first kappa shape index (κ1) is 14.1. The minimum Gasteiger partial charge on any atom is -0.506 e. The van der Waals surface area contributed by atoms with Crippen molar-refractivity contribution in [3.8, 4) is 5.75 Å². The molecule has 5 nitrogen and oxygen atoms in total. The van der Waals surface area contributed by atoms with E-state index in [0.29, 0.717) is 23.4 Å². The van der Waals surface area contributed by atoms with Crippen LogP contribution in [0.2, 0.25) is 0 Å². The van der Waals surface area contributed by atoms with Crippen molar-refractivity contribution in [2.45, 2.75) is 19.4 Å². The van der Waals surface area contributed by atoms with Crippen LogP contribution in [0.5, 0.6) is 5.75 Å². The number of methoxy groups -OCH3 is 1. The topological polar surface area (TPSA) is 68.5 Å². The van der Waals surface area contributed by atoms with Crippen molar-refractivity contribution in [3.63, 3.8) is 0 Å². The number of rotatable bonds is 3. The summed E-state index contributed by atoms with van der Waals surface area (Å²) in [5, 5.41) is 10.7. The Bertz CT molecular complexity index is 792. The Balaban J connectivity index is 2.36. The Labute approximate surface area is 129 Å². The fraction of sp³-hybridized carbons (Fsp3) is 0.333. The third-order valence-electron chi connectivity index (χ3n) is 3.73. The number of ether oxygens (including phenoxy) is 1. The second-order valence-corrected chi connectivity index (χ2v) is 6.15. The van der Waals surface area contributed by atoms with E-state index in [1.807, 2.05) is 0 Å². The maximum Gasteiger partial charge on any atom is 0.347 e. The fourth-order valence-corrected chi connectivity index (χ4v) is 2.78. The molecule has 1 saturated carbocycles. The Morgan fingerprint density at radius 2 is 2.19 bits per heavy atom. The summed E-state index contributed by atoms with van der Waals surface area (Å²) in [5.74, 6) is -0.673. The van der Waals surface area contributed by atoms with Gasteiger partial charge in [0.1, 0.15) is 5.75 Å². The molecule has 1 aromatic heterocycles. The van der Waals surface area contributed by atoms with Crippen molar-refractivity contribution in [3.05, 3.63) is 38.6 Å². The summed E-state index contributed by atoms with van der Waals surface area (Å²) >= 11 is 3.37. The first-order valence-corrected chi connectivity index (χ1v) is 7.45. The van der Waals surface area contributed by atoms with Crippen LogP contribution in [0.15, 0.2) is 27.5 Å². The van der Waals surface area contributed by atoms with Crippen LogP contribution < -0.4 is 5.56 Å². The third kappa shape index (κ3) is 2.44. The molecule has 0 spiro atoms. The van der Waals surface area contributed by atoms with Gasteiger partial charge in [0.25, 0.3) is 5.56 Å². The first-order chi connectivity index (χ1) is 10.0. The van der Waals surface area contributed by atoms with Crippen molar-refractivity contribution in [1.29, 1.82) is 0 Å². The van der Waals surface area contributed by atoms with E-state index in [-0.39, 0.29) is 11.3 Å². The molecule has 0 saturated heterocycles. The van der Waals surface area contributed by atoms with Crippen LogP contribution in [0, 0.1) is 5.92 Å². The van der Waals surface area contributed by atoms with Crippen LogP contribution in [0.1, 0.15) is 23.2 Å². The van der Waals surface area contributed by atoms with E-state index in [0.717, 1.165) is 17.3 Å². The van der Waals surface area contributed by atoms with Crippen LogP contribution in [0.3, 0.4) is 0 Å². The standard InChI is InChI=1S/C15H14BrNO4/c1-21-15(20)12-13(18)10-5-4-9(16)6-11(10)17(14(12)19)7-8-2-3-8/h4-6,8,18H,2-3,7H2,1H3. The van der Waals surface area contributed by atoms with Crippen LogP contribution in [-0.4, -0.2) is 22.8 Å². The van der Waals surface area contributed by atoms with Gasteiger partial charge in [0.05, 0.1) is 12.6 Å². The van der Waals surface area contributed by atoms with E-state index in [1.54, 1.807) is 22.8 Å². The lowest BCUT2D eigenvalue weighted by Gasteiger charge is -2.14. The summed E-state index contributed by atoms with van der Waals surface area (Å²) < 4.78 is 6.99. The van der Waals surface area contributed by atoms with Crippen molar-refractivity contribution >= 4 is 32.8 Å². The highest BCUT2D eigenvalue weighted by atomic mass is 79.9. The highest BCUT2D eigenvalue weighted by Gasteiger charge is 2.27. The summed E-state index contributed by atoms with van der Waals surface area (Å²) in [7, 11) is 1.19. The highest BCUT2D eigenvalue weighted by molar-refractivity contribution is 9.10. The molecule has 21 heavy (non-hydrogen) atoms. The zero-order valence-electron chi connectivity index (χ0n) is 11.4. The lowest BCUT2D eigenvalue weighted by Crippen LogP contribution is -2.28. The maximum absolute atomic E-state index is 12.6. The number of halogens is 1. The number of pyridine rings is 1. The SMILES string of the molecule is COC(=O)c1c(O)c2ccc(Br)cc2n(CC2CC2)c1=O. The van der Waals surface area contributed by atoms with E-state index in [1.165, 1.54) is 7.11 Å². The molecule has 0 aliphatic heterocycles. The molecule has 1 fully saturated rings. The molecule has 1 N–H and O–H groups in total. The van der Waals surface area contributed by atoms with Gasteiger partial charge in [-0.3, -0.25) is 4.79 Å². The number of fused-ring (bicyclic) bond motifs is 1. The fourth-order valence-electron chi connectivity index (χ4n) is 2.43. The van der Waals surface area contributed by atoms with E-state index in [2.05, 4.69) is 20.7 Å². The van der Waals surface area contributed by atoms with Gasteiger partial charge in [-0.25, -0.2) is 4.79 Å². The number of hydrogen-bond acceptors (Lipinski definition) is 4. The molecular weight excluding hydrogens is 338 g/mol. The minimum absolute atomic E-state index is 0.298. The lowest BCUT2D eigenvalue weighted by molar-refractivity contribution is 0.0595. The average molecular weight is 352 g/mol. The number of esters is 1. The van der Waals surface area contributed by atoms with Gasteiger partial charge in [0.2, 0.25) is 0 Å². The molecule has 1 heterocycles. The van der Waals surface area contributed by atoms with Crippen LogP contribution in [0.4, 0.5) is 0 Å². The predicted molar refractivity (Wildman–Crippen MR) is 81.6 cm³/mol. The molecule has 110 valence electrons. The zero-order chi connectivity index (χ0) is 15.1. The van der Waals surface area contributed by atoms with Crippen LogP contribution in [-0.2, 0) is 11.3 Å². The number of carbonyl (C=O) groups excluding carboxylic acids is 1. The number of benzene rings is 1. The molecule has 2 aromatic rings. The molecule has 0 atom stereocenters. The molecule has 1 aliphatic rings. The summed E-state index contributed by atoms with van der Waals surface area (Å²) in [5.41, 5.74) is -0.184. The van der Waals surface area contributed by atoms with Gasteiger partial charge in [0.15, 0.2) is 5.56 Å². The van der Waals surface area contributed by atoms with E-state index in [4.69, 9.17) is 0 Å². The number of carbonyl (C=O) groups is 1. The van der Waals surface area contributed by atoms with Crippen molar-refractivity contribution in [2.75, 3.05) is 7.11 Å². The van der Waals surface area contributed by atoms with Gasteiger partial charge in [0, 0.05) is 16.4 Å². The number of nitrogens with zero attached hydrogens (tertiary/aromatic N) is 1. The van der Waals surface area contributed by atoms with Crippen molar-refractivity contribution < 1.29 is 14.6 Å². The van der Waals surface area contributed by atoms with Gasteiger partial charge in [-0.15, -0.1) is 0 Å². The Kier molecular flexibility index (Phi) is 3.49. The number of hydrogen-bond donors (Lipinski definition) is 1. The van der Waals surface area contributed by atoms with Gasteiger partial charge in [-0.2, -0.15) is 0 Å². The van der Waals surface area contributed by atoms with Crippen molar-refractivity contribution in [1.82, 2.24) is 4.57 Å². The van der Waals surface area contributed by atoms with Gasteiger partial charge in [-0.05, 0) is 37.0 Å². The Hall–Kier alpha value is -1.82. The molecule has 0 unspecified atom stereocenters. The highest BCUT2D eigenvalue weighted by Crippen LogP contribution is 2.34. The van der Waals surface area contributed by atoms with Gasteiger partial charge < -0.3 is 14.4 Å². The predicted octanol–water partition coefficient (Wildman–Crippen LogP) is 2.67. The molecule has 1 aromatic carbocycles. The first-order valence-electron chi connectivity index (χ1n) is 6.66. The average Bonchev–Trinajstić information content (AvgIpc) is 3.27. The summed E-state index contributed by atoms with van der Waals surface area (Å²) in [4.78, 5) is 24.4. The van der Waals surface area contributed by atoms with E-state index >= 15 is 0 Å². The third-order valence-corrected chi connectivity index (χ3v) is 4.22. The molecule has 0 amide bonds. The lowest BCUT2D eigenvalue weighted by atomic mass is 10.1. The second kappa shape index (κ2) is 5.18. The monoisotopic (exact) mass is 351 g/mol. The summed E-state index contributed by atoms with van der Waals surface area (Å²) in [6.45, 7) is 0.552. The molecular formula is C15H14BrNO4. The largest absolute Gasteiger partial charge is 0.506 e. The van der Waals surface area contributed by atoms with E-state index in [9.17, 15) is 14.7 Å². The Morgan fingerprint density at radius 1 is 1.48 bits per heavy atom. The van der Waals surface area contributed by atoms with E-state index < -0.39 is 11.5 Å². The summed E-state index contributed by atoms with van der Waals surface area (Å²) in [6, 6.07) is 5.22. The van der Waals surface area contributed by atoms with Crippen molar-refractivity contribution in [2.24, 2.45) is 5.92 Å². The van der Waals surface area contributed by atoms with Gasteiger partial charge in [-0.1, -0.05) is 15.9 Å². The minimum atomic E-state index is -0.813. The Morgan fingerprint density at radius 3 is 2.81 bits per heavy atom. The zero-order valence-corrected chi connectivity index (χ0v) is 13.0. The smallest absolute Gasteiger partial charge is 0.347 e. The number of aromatic nitrogens is 1. The second-order valence-electron chi connectivity index (χ2n) is 5.24. The quantitative estimate of drug-likeness (QED) is 0.863.